The van der Waals surface area contributed by atoms with Gasteiger partial charge in [-0.1, -0.05) is 60.7 Å². The first-order valence-electron chi connectivity index (χ1n) is 12.5. The zero-order valence-corrected chi connectivity index (χ0v) is 20.1. The van der Waals surface area contributed by atoms with E-state index >= 15 is 0 Å². The third-order valence-electron chi connectivity index (χ3n) is 7.10. The lowest BCUT2D eigenvalue weighted by Gasteiger charge is -2.43. The predicted octanol–water partition coefficient (Wildman–Crippen LogP) is 4.16. The third-order valence-corrected chi connectivity index (χ3v) is 7.10. The number of nitrogens with one attached hydrogen (secondary N) is 1. The Balaban J connectivity index is 1.30. The molecule has 0 spiro atoms. The van der Waals surface area contributed by atoms with Gasteiger partial charge in [-0.15, -0.1) is 0 Å². The number of hydrogen-bond acceptors (Lipinski definition) is 6. The number of hydrogen-bond donors (Lipinski definition) is 3. The minimum Gasteiger partial charge on any atom is -0.489 e. The minimum atomic E-state index is -1.52. The summed E-state index contributed by atoms with van der Waals surface area (Å²) in [7, 11) is 0. The Morgan fingerprint density at radius 3 is 2.36 bits per heavy atom. The first kappa shape index (κ1) is 24.3. The van der Waals surface area contributed by atoms with Gasteiger partial charge in [0, 0.05) is 12.1 Å². The number of nitrogens with zero attached hydrogens (tertiary/aromatic N) is 1. The van der Waals surface area contributed by atoms with Gasteiger partial charge in [0.1, 0.15) is 18.5 Å². The molecule has 3 aromatic rings. The Kier molecular flexibility index (Phi) is 7.51. The average Bonchev–Trinajstić information content (AvgIpc) is 2.92. The number of piperidine rings is 3. The maximum atomic E-state index is 13.0. The van der Waals surface area contributed by atoms with Crippen molar-refractivity contribution in [3.8, 4) is 5.75 Å². The smallest absolute Gasteiger partial charge is 0.408 e. The summed E-state index contributed by atoms with van der Waals surface area (Å²) in [6.45, 7) is 3.27. The van der Waals surface area contributed by atoms with Crippen LogP contribution in [0.3, 0.4) is 0 Å². The molecule has 0 saturated carbocycles. The van der Waals surface area contributed by atoms with Gasteiger partial charge in [0.2, 0.25) is 0 Å². The number of rotatable bonds is 8. The van der Waals surface area contributed by atoms with Gasteiger partial charge in [-0.2, -0.15) is 0 Å². The lowest BCUT2D eigenvalue weighted by Crippen LogP contribution is -2.52. The second-order valence-corrected chi connectivity index (χ2v) is 9.55. The first-order chi connectivity index (χ1) is 17.5. The van der Waals surface area contributed by atoms with Gasteiger partial charge in [0.25, 0.3) is 0 Å². The van der Waals surface area contributed by atoms with Crippen molar-refractivity contribution in [2.45, 2.75) is 37.9 Å². The molecular weight excluding hydrogens is 456 g/mol. The van der Waals surface area contributed by atoms with Crippen LogP contribution in [-0.2, 0) is 11.3 Å². The summed E-state index contributed by atoms with van der Waals surface area (Å²) in [5, 5.41) is 21.9. The molecule has 0 unspecified atom stereocenters. The number of benzene rings is 3. The summed E-state index contributed by atoms with van der Waals surface area (Å²) in [6, 6.07) is 24.0. The number of ether oxygens (including phenoxy) is 2. The zero-order valence-electron chi connectivity index (χ0n) is 20.1. The van der Waals surface area contributed by atoms with Crippen LogP contribution in [-0.4, -0.2) is 46.9 Å². The van der Waals surface area contributed by atoms with E-state index in [9.17, 15) is 15.0 Å². The van der Waals surface area contributed by atoms with Crippen molar-refractivity contribution in [1.82, 2.24) is 10.2 Å². The monoisotopic (exact) mass is 488 g/mol. The molecule has 2 atom stereocenters. The molecule has 6 rings (SSSR count). The Morgan fingerprint density at radius 1 is 0.917 bits per heavy atom. The highest BCUT2D eigenvalue weighted by molar-refractivity contribution is 5.69. The summed E-state index contributed by atoms with van der Waals surface area (Å²) in [4.78, 5) is 15.4. The molecule has 2 bridgehead atoms. The number of fused-ring (bicyclic) bond motifs is 3. The van der Waals surface area contributed by atoms with E-state index in [2.05, 4.69) is 10.2 Å². The minimum absolute atomic E-state index is 0.0632. The second-order valence-electron chi connectivity index (χ2n) is 9.55. The summed E-state index contributed by atoms with van der Waals surface area (Å²) in [5.41, 5.74) is 3.07. The number of amides is 1. The zero-order chi connectivity index (χ0) is 24.9. The van der Waals surface area contributed by atoms with E-state index in [0.717, 1.165) is 49.2 Å². The first-order valence-corrected chi connectivity index (χ1v) is 12.5. The van der Waals surface area contributed by atoms with E-state index in [-0.39, 0.29) is 12.7 Å². The van der Waals surface area contributed by atoms with Crippen LogP contribution >= 0.6 is 0 Å². The normalized spacial score (nSPS) is 21.7. The highest BCUT2D eigenvalue weighted by Crippen LogP contribution is 2.30. The van der Waals surface area contributed by atoms with E-state index < -0.39 is 18.4 Å². The van der Waals surface area contributed by atoms with Crippen LogP contribution in [0, 0.1) is 5.92 Å². The van der Waals surface area contributed by atoms with Gasteiger partial charge < -0.3 is 25.0 Å². The molecule has 36 heavy (non-hydrogen) atoms. The lowest BCUT2D eigenvalue weighted by atomic mass is 9.86. The van der Waals surface area contributed by atoms with Crippen molar-refractivity contribution in [3.63, 3.8) is 0 Å². The fourth-order valence-corrected chi connectivity index (χ4v) is 5.13. The molecule has 1 amide bonds. The third kappa shape index (κ3) is 5.87. The number of carbonyl (C=O) groups excluding carboxylic acids is 1. The summed E-state index contributed by atoms with van der Waals surface area (Å²) >= 11 is 0. The van der Waals surface area contributed by atoms with Gasteiger partial charge >= 0.3 is 6.09 Å². The van der Waals surface area contributed by atoms with Crippen LogP contribution in [0.15, 0.2) is 78.9 Å². The molecule has 3 heterocycles. The maximum Gasteiger partial charge on any atom is 0.408 e. The van der Waals surface area contributed by atoms with Crippen LogP contribution in [0.4, 0.5) is 4.79 Å². The Labute approximate surface area is 211 Å². The SMILES string of the molecule is O=C(N[C@@H](c1ccccc1)c1cccc(OCc2cccc(C(O)O)c2)c1)O[C@H]1CN2CCC1CC2. The largest absolute Gasteiger partial charge is 0.489 e. The number of aliphatic hydroxyl groups excluding tert-OH is 1. The molecule has 0 radical (unpaired) electrons. The van der Waals surface area contributed by atoms with Crippen molar-refractivity contribution >= 4 is 6.09 Å². The molecule has 3 aliphatic rings. The van der Waals surface area contributed by atoms with Crippen molar-refractivity contribution in [1.29, 1.82) is 0 Å². The molecule has 3 aromatic carbocycles. The van der Waals surface area contributed by atoms with Crippen LogP contribution < -0.4 is 10.1 Å². The van der Waals surface area contributed by atoms with Gasteiger partial charge in [-0.25, -0.2) is 4.79 Å². The van der Waals surface area contributed by atoms with Gasteiger partial charge in [0.05, 0.1) is 6.04 Å². The van der Waals surface area contributed by atoms with Crippen LogP contribution in [0.2, 0.25) is 0 Å². The summed E-state index contributed by atoms with van der Waals surface area (Å²) < 4.78 is 11.9. The highest BCUT2D eigenvalue weighted by Gasteiger charge is 2.36. The Morgan fingerprint density at radius 2 is 1.64 bits per heavy atom. The highest BCUT2D eigenvalue weighted by atomic mass is 16.6. The molecule has 3 N–H and O–H groups in total. The molecule has 3 aliphatic heterocycles. The molecular formula is C29H32N2O5. The van der Waals surface area contributed by atoms with Crippen molar-refractivity contribution in [2.24, 2.45) is 5.92 Å². The molecule has 0 aliphatic carbocycles. The van der Waals surface area contributed by atoms with Crippen LogP contribution in [0.5, 0.6) is 5.75 Å². The van der Waals surface area contributed by atoms with Gasteiger partial charge in [0.15, 0.2) is 6.29 Å². The van der Waals surface area contributed by atoms with Crippen LogP contribution in [0.1, 0.15) is 47.4 Å². The number of aliphatic hydroxyl groups is 2. The topological polar surface area (TPSA) is 91.3 Å². The lowest BCUT2D eigenvalue weighted by molar-refractivity contribution is -0.0425. The molecule has 7 nitrogen and oxygen atoms in total. The van der Waals surface area contributed by atoms with Crippen molar-refractivity contribution < 1.29 is 24.5 Å². The van der Waals surface area contributed by atoms with Crippen molar-refractivity contribution in [2.75, 3.05) is 19.6 Å². The molecule has 188 valence electrons. The fraction of sp³-hybridized carbons (Fsp3) is 0.345. The van der Waals surface area contributed by atoms with Crippen LogP contribution in [0.25, 0.3) is 0 Å². The van der Waals surface area contributed by atoms with E-state index in [1.807, 2.05) is 60.7 Å². The van der Waals surface area contributed by atoms with E-state index in [0.29, 0.717) is 17.2 Å². The second kappa shape index (κ2) is 11.1. The quantitative estimate of drug-likeness (QED) is 0.413. The molecule has 7 heteroatoms. The fourth-order valence-electron chi connectivity index (χ4n) is 5.13. The van der Waals surface area contributed by atoms with Crippen molar-refractivity contribution in [3.05, 3.63) is 101 Å². The van der Waals surface area contributed by atoms with E-state index in [4.69, 9.17) is 9.47 Å². The molecule has 3 fully saturated rings. The van der Waals surface area contributed by atoms with Gasteiger partial charge in [-0.05, 0) is 66.7 Å². The number of carbonyl (C=O) groups is 1. The standard InChI is InChI=1S/C29H32N2O5/c32-28(33)24-10-4-6-20(16-24)19-35-25-11-5-9-23(17-25)27(22-7-2-1-3-8-22)30-29(34)36-26-18-31-14-12-21(26)13-15-31/h1-11,16-17,21,26-28,32-33H,12-15,18-19H2,(H,30,34)/t26-,27-/m0/s1. The molecule has 0 aromatic heterocycles. The van der Waals surface area contributed by atoms with E-state index in [1.165, 1.54) is 0 Å². The summed E-state index contributed by atoms with van der Waals surface area (Å²) in [5.74, 6) is 1.09. The Bertz CT molecular complexity index is 1160. The van der Waals surface area contributed by atoms with Gasteiger partial charge in [-0.3, -0.25) is 4.90 Å². The maximum absolute atomic E-state index is 13.0. The number of alkyl carbamates (subject to hydrolysis) is 1. The van der Waals surface area contributed by atoms with E-state index in [1.54, 1.807) is 18.2 Å². The predicted molar refractivity (Wildman–Crippen MR) is 135 cm³/mol. The Hall–Kier alpha value is -3.39. The molecule has 3 saturated heterocycles. The summed E-state index contributed by atoms with van der Waals surface area (Å²) in [6.07, 6.45) is 0.172. The average molecular weight is 489 g/mol.